The second-order valence-corrected chi connectivity index (χ2v) is 11.9. The molecule has 41 heavy (non-hydrogen) atoms. The molecule has 3 nitrogen and oxygen atoms in total. The molecule has 0 aliphatic rings. The molecule has 5 heteroatoms. The predicted octanol–water partition coefficient (Wildman–Crippen LogP) is 10.1. The number of hydrogen-bond donors (Lipinski definition) is 0. The Kier molecular flexibility index (Phi) is 5.83. The van der Waals surface area contributed by atoms with Crippen LogP contribution in [0.1, 0.15) is 15.6 Å². The lowest BCUT2D eigenvalue weighted by Crippen LogP contribution is -1.97. The largest absolute Gasteiger partial charge is 0.309 e. The predicted molar refractivity (Wildman–Crippen MR) is 175 cm³/mol. The summed E-state index contributed by atoms with van der Waals surface area (Å²) in [6, 6.07) is 46.7. The van der Waals surface area contributed by atoms with Gasteiger partial charge in [-0.1, -0.05) is 91.0 Å². The summed E-state index contributed by atoms with van der Waals surface area (Å²) in [5.41, 5.74) is 8.82. The number of para-hydroxylation sites is 4. The molecule has 0 amide bonds. The summed E-state index contributed by atoms with van der Waals surface area (Å²) < 4.78 is 4.72. The number of benzene rings is 5. The highest BCUT2D eigenvalue weighted by atomic mass is 32.1. The van der Waals surface area contributed by atoms with Gasteiger partial charge in [-0.05, 0) is 54.1 Å². The Morgan fingerprint density at radius 2 is 1.10 bits per heavy atom. The molecule has 0 aliphatic carbocycles. The number of hydrogen-bond acceptors (Lipinski definition) is 4. The molecule has 0 bridgehead atoms. The first-order valence-corrected chi connectivity index (χ1v) is 15.1. The van der Waals surface area contributed by atoms with Crippen molar-refractivity contribution in [2.24, 2.45) is 0 Å². The van der Waals surface area contributed by atoms with Crippen LogP contribution in [0, 0.1) is 0 Å². The second kappa shape index (κ2) is 9.97. The number of nitrogens with zero attached hydrogens (tertiary/aromatic N) is 3. The molecule has 194 valence electrons. The molecule has 0 saturated heterocycles. The minimum absolute atomic E-state index is 0.973. The number of fused-ring (bicyclic) bond motifs is 3. The third kappa shape index (κ3) is 4.18. The number of rotatable bonds is 5. The van der Waals surface area contributed by atoms with Crippen molar-refractivity contribution in [3.05, 3.63) is 149 Å². The molecule has 0 aliphatic heterocycles. The van der Waals surface area contributed by atoms with E-state index in [-0.39, 0.29) is 0 Å². The zero-order chi connectivity index (χ0) is 27.2. The minimum Gasteiger partial charge on any atom is -0.309 e. The lowest BCUT2D eigenvalue weighted by molar-refractivity contribution is 1.13. The van der Waals surface area contributed by atoms with Crippen LogP contribution in [-0.2, 0) is 0 Å². The fraction of sp³-hybridized carbons (Fsp3) is 0. The van der Waals surface area contributed by atoms with E-state index >= 15 is 0 Å². The first-order chi connectivity index (χ1) is 20.3. The molecule has 0 atom stereocenters. The normalized spacial score (nSPS) is 11.4. The zero-order valence-corrected chi connectivity index (χ0v) is 23.6. The van der Waals surface area contributed by atoms with E-state index in [1.54, 1.807) is 22.7 Å². The van der Waals surface area contributed by atoms with Crippen LogP contribution < -0.4 is 0 Å². The van der Waals surface area contributed by atoms with E-state index in [2.05, 4.69) is 132 Å². The first kappa shape index (κ1) is 24.0. The quantitative estimate of drug-likeness (QED) is 0.209. The van der Waals surface area contributed by atoms with Gasteiger partial charge in [-0.2, -0.15) is 0 Å². The van der Waals surface area contributed by atoms with Gasteiger partial charge in [0.15, 0.2) is 0 Å². The molecule has 8 aromatic rings. The van der Waals surface area contributed by atoms with Gasteiger partial charge in [0, 0.05) is 22.2 Å². The molecule has 0 spiro atoms. The van der Waals surface area contributed by atoms with Crippen LogP contribution in [0.15, 0.2) is 133 Å². The van der Waals surface area contributed by atoms with E-state index in [1.165, 1.54) is 14.8 Å². The first-order valence-electron chi connectivity index (χ1n) is 13.5. The third-order valence-corrected chi connectivity index (χ3v) is 9.45. The topological polar surface area (TPSA) is 30.7 Å². The summed E-state index contributed by atoms with van der Waals surface area (Å²) >= 11 is 3.44. The fourth-order valence-corrected chi connectivity index (χ4v) is 7.50. The van der Waals surface area contributed by atoms with Crippen molar-refractivity contribution in [1.82, 2.24) is 14.5 Å². The van der Waals surface area contributed by atoms with Crippen LogP contribution >= 0.6 is 22.7 Å². The lowest BCUT2D eigenvalue weighted by atomic mass is 10.0. The van der Waals surface area contributed by atoms with Crippen LogP contribution in [0.5, 0.6) is 0 Å². The maximum atomic E-state index is 5.11. The maximum Gasteiger partial charge on any atom is 0.127 e. The van der Waals surface area contributed by atoms with Crippen LogP contribution in [-0.4, -0.2) is 14.5 Å². The summed E-state index contributed by atoms with van der Waals surface area (Å²) in [4.78, 5) is 10.2. The zero-order valence-electron chi connectivity index (χ0n) is 21.9. The van der Waals surface area contributed by atoms with Gasteiger partial charge in [0.1, 0.15) is 10.0 Å². The highest BCUT2D eigenvalue weighted by Crippen LogP contribution is 2.42. The summed E-state index contributed by atoms with van der Waals surface area (Å²) in [6.45, 7) is 0. The number of thiazole rings is 2. The summed E-state index contributed by atoms with van der Waals surface area (Å²) in [5.74, 6) is 0. The van der Waals surface area contributed by atoms with Crippen molar-refractivity contribution in [2.75, 3.05) is 0 Å². The Balaban J connectivity index is 1.48. The Labute approximate surface area is 245 Å². The molecule has 0 radical (unpaired) electrons. The molecule has 0 saturated carbocycles. The third-order valence-electron chi connectivity index (χ3n) is 7.31. The SMILES string of the molecule is C(=C(c1nc2ccccc2s1)c1nc2ccccc2s1)c1c(-c2ccccc2)n(-c2ccccc2)c2ccccc12. The Bertz CT molecular complexity index is 2060. The van der Waals surface area contributed by atoms with Crippen LogP contribution in [0.25, 0.3) is 59.9 Å². The van der Waals surface area contributed by atoms with E-state index in [9.17, 15) is 0 Å². The molecule has 8 rings (SSSR count). The van der Waals surface area contributed by atoms with Gasteiger partial charge in [0.2, 0.25) is 0 Å². The summed E-state index contributed by atoms with van der Waals surface area (Å²) in [7, 11) is 0. The standard InChI is InChI=1S/C36H23N3S2/c1-3-13-24(14-4-1)34-27(26-17-7-10-20-31(26)39(34)25-15-5-2-6-16-25)23-28(35-37-29-18-8-11-21-32(29)40-35)36-38-30-19-9-12-22-33(30)41-36/h1-23H. The Hall–Kier alpha value is -4.84. The van der Waals surface area contributed by atoms with Crippen molar-refractivity contribution in [3.8, 4) is 16.9 Å². The van der Waals surface area contributed by atoms with E-state index in [0.717, 1.165) is 54.6 Å². The number of aromatic nitrogens is 3. The molecular formula is C36H23N3S2. The van der Waals surface area contributed by atoms with Gasteiger partial charge in [-0.15, -0.1) is 22.7 Å². The van der Waals surface area contributed by atoms with Gasteiger partial charge in [-0.3, -0.25) is 0 Å². The van der Waals surface area contributed by atoms with Crippen molar-refractivity contribution in [1.29, 1.82) is 0 Å². The van der Waals surface area contributed by atoms with Crippen molar-refractivity contribution in [2.45, 2.75) is 0 Å². The molecule has 0 fully saturated rings. The molecule has 0 N–H and O–H groups in total. The lowest BCUT2D eigenvalue weighted by Gasteiger charge is -2.12. The van der Waals surface area contributed by atoms with Crippen LogP contribution in [0.4, 0.5) is 0 Å². The van der Waals surface area contributed by atoms with Gasteiger partial charge < -0.3 is 4.57 Å². The Morgan fingerprint density at radius 3 is 1.73 bits per heavy atom. The van der Waals surface area contributed by atoms with Gasteiger partial charge >= 0.3 is 0 Å². The van der Waals surface area contributed by atoms with Crippen molar-refractivity contribution >= 4 is 65.7 Å². The molecule has 3 heterocycles. The Morgan fingerprint density at radius 1 is 0.561 bits per heavy atom. The van der Waals surface area contributed by atoms with Crippen LogP contribution in [0.2, 0.25) is 0 Å². The highest BCUT2D eigenvalue weighted by Gasteiger charge is 2.22. The van der Waals surface area contributed by atoms with E-state index in [0.29, 0.717) is 0 Å². The monoisotopic (exact) mass is 561 g/mol. The van der Waals surface area contributed by atoms with Gasteiger partial charge in [-0.25, -0.2) is 9.97 Å². The smallest absolute Gasteiger partial charge is 0.127 e. The molecule has 5 aromatic carbocycles. The summed E-state index contributed by atoms with van der Waals surface area (Å²) in [6.07, 6.45) is 2.32. The summed E-state index contributed by atoms with van der Waals surface area (Å²) in [5, 5.41) is 3.14. The maximum absolute atomic E-state index is 5.11. The van der Waals surface area contributed by atoms with Crippen molar-refractivity contribution in [3.63, 3.8) is 0 Å². The average molecular weight is 562 g/mol. The molecule has 0 unspecified atom stereocenters. The highest BCUT2D eigenvalue weighted by molar-refractivity contribution is 7.22. The fourth-order valence-electron chi connectivity index (χ4n) is 5.47. The van der Waals surface area contributed by atoms with E-state index in [1.807, 2.05) is 12.1 Å². The van der Waals surface area contributed by atoms with E-state index in [4.69, 9.17) is 9.97 Å². The second-order valence-electron chi connectivity index (χ2n) is 9.85. The van der Waals surface area contributed by atoms with Gasteiger partial charge in [0.05, 0.1) is 31.6 Å². The minimum atomic E-state index is 0.973. The molecule has 3 aromatic heterocycles. The van der Waals surface area contributed by atoms with Gasteiger partial charge in [0.25, 0.3) is 0 Å². The van der Waals surface area contributed by atoms with Crippen molar-refractivity contribution < 1.29 is 0 Å². The van der Waals surface area contributed by atoms with E-state index < -0.39 is 0 Å². The average Bonchev–Trinajstić information content (AvgIpc) is 3.74. The van der Waals surface area contributed by atoms with Crippen LogP contribution in [0.3, 0.4) is 0 Å². The molecular weight excluding hydrogens is 539 g/mol.